The van der Waals surface area contributed by atoms with Gasteiger partial charge in [-0.25, -0.2) is 8.42 Å². The maximum absolute atomic E-state index is 12.9. The van der Waals surface area contributed by atoms with Crippen molar-refractivity contribution in [3.8, 4) is 5.75 Å². The Morgan fingerprint density at radius 3 is 2.17 bits per heavy atom. The lowest BCUT2D eigenvalue weighted by molar-refractivity contribution is -0.140. The molecule has 128 valence electrons. The molecule has 0 atom stereocenters. The van der Waals surface area contributed by atoms with Crippen LogP contribution in [0.2, 0.25) is 0 Å². The van der Waals surface area contributed by atoms with Crippen LogP contribution in [0.15, 0.2) is 59.5 Å². The fourth-order valence-corrected chi connectivity index (χ4v) is 3.49. The minimum absolute atomic E-state index is 0.0737. The molecule has 0 unspecified atom stereocenters. The lowest BCUT2D eigenvalue weighted by atomic mass is 10.2. The van der Waals surface area contributed by atoms with Gasteiger partial charge in [0.2, 0.25) is 10.0 Å². The van der Waals surface area contributed by atoms with Crippen LogP contribution in [0.5, 0.6) is 5.75 Å². The first-order chi connectivity index (χ1) is 11.5. The molecule has 0 aliphatic rings. The summed E-state index contributed by atoms with van der Waals surface area (Å²) in [5.41, 5.74) is 0.776. The molecule has 2 aromatic carbocycles. The molecule has 0 aliphatic carbocycles. The quantitative estimate of drug-likeness (QED) is 0.716. The van der Waals surface area contributed by atoms with E-state index in [1.807, 2.05) is 18.2 Å². The molecule has 0 bridgehead atoms. The molecular formula is C17H19NO5S. The number of nitrogens with zero attached hydrogens (tertiary/aromatic N) is 1. The van der Waals surface area contributed by atoms with Crippen molar-refractivity contribution in [1.29, 1.82) is 0 Å². The highest BCUT2D eigenvalue weighted by Crippen LogP contribution is 2.21. The number of benzene rings is 2. The van der Waals surface area contributed by atoms with Crippen molar-refractivity contribution >= 4 is 16.0 Å². The molecule has 2 rings (SSSR count). The average Bonchev–Trinajstić information content (AvgIpc) is 2.62. The van der Waals surface area contributed by atoms with Gasteiger partial charge in [0.25, 0.3) is 0 Å². The van der Waals surface area contributed by atoms with E-state index in [9.17, 15) is 13.2 Å². The van der Waals surface area contributed by atoms with Gasteiger partial charge in [-0.2, -0.15) is 4.31 Å². The molecule has 7 heteroatoms. The molecule has 0 N–H and O–H groups in total. The first kappa shape index (κ1) is 18.0. The number of carbonyl (C=O) groups excluding carboxylic acids is 1. The zero-order valence-electron chi connectivity index (χ0n) is 13.5. The Bertz CT molecular complexity index is 772. The van der Waals surface area contributed by atoms with Crippen LogP contribution in [-0.2, 0) is 26.1 Å². The molecule has 6 nitrogen and oxygen atoms in total. The van der Waals surface area contributed by atoms with Crippen molar-refractivity contribution in [3.63, 3.8) is 0 Å². The number of carbonyl (C=O) groups is 1. The summed E-state index contributed by atoms with van der Waals surface area (Å²) < 4.78 is 36.5. The maximum atomic E-state index is 12.9. The molecule has 0 spiro atoms. The molecule has 0 amide bonds. The van der Waals surface area contributed by atoms with E-state index in [0.717, 1.165) is 9.87 Å². The van der Waals surface area contributed by atoms with Crippen molar-refractivity contribution in [2.24, 2.45) is 0 Å². The second-order valence-corrected chi connectivity index (χ2v) is 6.95. The number of hydrogen-bond acceptors (Lipinski definition) is 5. The van der Waals surface area contributed by atoms with Crippen LogP contribution in [0.3, 0.4) is 0 Å². The summed E-state index contributed by atoms with van der Waals surface area (Å²) in [6.07, 6.45) is 0. The van der Waals surface area contributed by atoms with Gasteiger partial charge >= 0.3 is 5.97 Å². The fourth-order valence-electron chi connectivity index (χ4n) is 2.12. The lowest BCUT2D eigenvalue weighted by Gasteiger charge is -2.21. The van der Waals surface area contributed by atoms with E-state index in [-0.39, 0.29) is 18.0 Å². The summed E-state index contributed by atoms with van der Waals surface area (Å²) in [5, 5.41) is 0. The Labute approximate surface area is 141 Å². The van der Waals surface area contributed by atoms with Crippen LogP contribution in [0.25, 0.3) is 0 Å². The normalized spacial score (nSPS) is 11.3. The third-order valence-electron chi connectivity index (χ3n) is 3.43. The van der Waals surface area contributed by atoms with Gasteiger partial charge < -0.3 is 9.47 Å². The summed E-state index contributed by atoms with van der Waals surface area (Å²) >= 11 is 0. The fraction of sp³-hybridized carbons (Fsp3) is 0.235. The van der Waals surface area contributed by atoms with Gasteiger partial charge in [-0.05, 0) is 29.8 Å². The molecule has 0 aromatic heterocycles. The van der Waals surface area contributed by atoms with Crippen LogP contribution in [-0.4, -0.2) is 39.5 Å². The first-order valence-corrected chi connectivity index (χ1v) is 8.66. The largest absolute Gasteiger partial charge is 0.497 e. The Morgan fingerprint density at radius 1 is 1.00 bits per heavy atom. The van der Waals surface area contributed by atoms with Crippen LogP contribution >= 0.6 is 0 Å². The Hall–Kier alpha value is -2.38. The number of sulfonamides is 1. The molecule has 0 saturated heterocycles. The molecule has 0 fully saturated rings. The van der Waals surface area contributed by atoms with Crippen molar-refractivity contribution in [2.75, 3.05) is 20.8 Å². The second kappa shape index (κ2) is 7.94. The number of ether oxygens (including phenoxy) is 2. The third kappa shape index (κ3) is 4.33. The van der Waals surface area contributed by atoms with Gasteiger partial charge in [-0.3, -0.25) is 4.79 Å². The zero-order valence-corrected chi connectivity index (χ0v) is 14.3. The molecular weight excluding hydrogens is 330 g/mol. The third-order valence-corrected chi connectivity index (χ3v) is 5.24. The molecule has 0 radical (unpaired) electrons. The summed E-state index contributed by atoms with van der Waals surface area (Å²) in [4.78, 5) is 11.7. The lowest BCUT2D eigenvalue weighted by Crippen LogP contribution is -2.35. The smallest absolute Gasteiger partial charge is 0.321 e. The van der Waals surface area contributed by atoms with E-state index in [2.05, 4.69) is 4.74 Å². The summed E-state index contributed by atoms with van der Waals surface area (Å²) in [5.74, 6) is -0.0699. The van der Waals surface area contributed by atoms with Gasteiger partial charge in [-0.15, -0.1) is 0 Å². The Kier molecular flexibility index (Phi) is 5.94. The number of rotatable bonds is 7. The summed E-state index contributed by atoms with van der Waals surface area (Å²) in [6, 6.07) is 15.1. The van der Waals surface area contributed by atoms with Crippen LogP contribution in [0, 0.1) is 0 Å². The predicted octanol–water partition coefficient (Wildman–Crippen LogP) is 2.06. The van der Waals surface area contributed by atoms with Crippen LogP contribution < -0.4 is 4.74 Å². The van der Waals surface area contributed by atoms with Crippen molar-refractivity contribution in [1.82, 2.24) is 4.31 Å². The summed E-state index contributed by atoms with van der Waals surface area (Å²) in [7, 11) is -1.12. The van der Waals surface area contributed by atoms with E-state index >= 15 is 0 Å². The SMILES string of the molecule is COC(=O)CN(Cc1ccccc1)S(=O)(=O)c1ccc(OC)cc1. The standard InChI is InChI=1S/C17H19NO5S/c1-22-15-8-10-16(11-9-15)24(20,21)18(13-17(19)23-2)12-14-6-4-3-5-7-14/h3-11H,12-13H2,1-2H3. The van der Waals surface area contributed by atoms with E-state index in [1.165, 1.54) is 26.4 Å². The van der Waals surface area contributed by atoms with Crippen molar-refractivity contribution in [2.45, 2.75) is 11.4 Å². The average molecular weight is 349 g/mol. The second-order valence-electron chi connectivity index (χ2n) is 5.01. The highest BCUT2D eigenvalue weighted by Gasteiger charge is 2.27. The van der Waals surface area contributed by atoms with Crippen molar-refractivity contribution < 1.29 is 22.7 Å². The van der Waals surface area contributed by atoms with Gasteiger partial charge in [0, 0.05) is 6.54 Å². The zero-order chi connectivity index (χ0) is 17.6. The van der Waals surface area contributed by atoms with E-state index < -0.39 is 16.0 Å². The topological polar surface area (TPSA) is 72.9 Å². The molecule has 0 saturated carbocycles. The van der Waals surface area contributed by atoms with E-state index in [1.54, 1.807) is 24.3 Å². The van der Waals surface area contributed by atoms with Crippen LogP contribution in [0.4, 0.5) is 0 Å². The monoisotopic (exact) mass is 349 g/mol. The first-order valence-electron chi connectivity index (χ1n) is 7.22. The minimum Gasteiger partial charge on any atom is -0.497 e. The van der Waals surface area contributed by atoms with E-state index in [0.29, 0.717) is 5.75 Å². The maximum Gasteiger partial charge on any atom is 0.321 e. The number of hydrogen-bond donors (Lipinski definition) is 0. The summed E-state index contributed by atoms with van der Waals surface area (Å²) in [6.45, 7) is -0.288. The predicted molar refractivity (Wildman–Crippen MR) is 89.0 cm³/mol. The molecule has 2 aromatic rings. The van der Waals surface area contributed by atoms with Gasteiger partial charge in [0.1, 0.15) is 12.3 Å². The molecule has 0 heterocycles. The molecule has 0 aliphatic heterocycles. The van der Waals surface area contributed by atoms with Gasteiger partial charge in [-0.1, -0.05) is 30.3 Å². The highest BCUT2D eigenvalue weighted by molar-refractivity contribution is 7.89. The minimum atomic E-state index is -3.85. The number of esters is 1. The highest BCUT2D eigenvalue weighted by atomic mass is 32.2. The Balaban J connectivity index is 2.34. The molecule has 24 heavy (non-hydrogen) atoms. The van der Waals surface area contributed by atoms with Crippen LogP contribution in [0.1, 0.15) is 5.56 Å². The number of methoxy groups -OCH3 is 2. The van der Waals surface area contributed by atoms with Gasteiger partial charge in [0.15, 0.2) is 0 Å². The van der Waals surface area contributed by atoms with Crippen molar-refractivity contribution in [3.05, 3.63) is 60.2 Å². The van der Waals surface area contributed by atoms with E-state index in [4.69, 9.17) is 4.74 Å². The Morgan fingerprint density at radius 2 is 1.62 bits per heavy atom. The van der Waals surface area contributed by atoms with Gasteiger partial charge in [0.05, 0.1) is 19.1 Å².